The number of hydrogen-bond acceptors (Lipinski definition) is 3. The lowest BCUT2D eigenvalue weighted by Gasteiger charge is -2.24. The van der Waals surface area contributed by atoms with Gasteiger partial charge in [-0.05, 0) is 51.8 Å². The van der Waals surface area contributed by atoms with Crippen molar-refractivity contribution in [3.63, 3.8) is 0 Å². The standard InChI is InChI=1S/C16H23ClN2O2/c1-11-5-6-12(17)9-14(11)18-13-7-8-19(10-13)15(20)21-16(2,3)4/h5-6,9,13,18H,7-8,10H2,1-4H3. The number of benzene rings is 1. The number of ether oxygens (including phenoxy) is 1. The first-order valence-corrected chi connectivity index (χ1v) is 7.63. The summed E-state index contributed by atoms with van der Waals surface area (Å²) in [6, 6.07) is 6.02. The van der Waals surface area contributed by atoms with Crippen LogP contribution in [0.25, 0.3) is 0 Å². The number of carbonyl (C=O) groups excluding carboxylic acids is 1. The number of halogens is 1. The zero-order chi connectivity index (χ0) is 15.6. The van der Waals surface area contributed by atoms with E-state index in [2.05, 4.69) is 5.32 Å². The predicted molar refractivity (Wildman–Crippen MR) is 86.0 cm³/mol. The van der Waals surface area contributed by atoms with E-state index in [1.807, 2.05) is 45.9 Å². The van der Waals surface area contributed by atoms with E-state index in [0.717, 1.165) is 17.7 Å². The summed E-state index contributed by atoms with van der Waals surface area (Å²) >= 11 is 6.03. The second kappa shape index (κ2) is 6.14. The van der Waals surface area contributed by atoms with Crippen LogP contribution in [0.3, 0.4) is 0 Å². The molecule has 1 aliphatic heterocycles. The number of rotatable bonds is 2. The van der Waals surface area contributed by atoms with Crippen LogP contribution in [0, 0.1) is 6.92 Å². The van der Waals surface area contributed by atoms with E-state index in [1.54, 1.807) is 4.90 Å². The van der Waals surface area contributed by atoms with Crippen LogP contribution >= 0.6 is 11.6 Å². The van der Waals surface area contributed by atoms with Crippen molar-refractivity contribution in [1.29, 1.82) is 0 Å². The van der Waals surface area contributed by atoms with E-state index in [0.29, 0.717) is 18.1 Å². The summed E-state index contributed by atoms with van der Waals surface area (Å²) in [5, 5.41) is 4.18. The van der Waals surface area contributed by atoms with Crippen LogP contribution in [-0.2, 0) is 4.74 Å². The highest BCUT2D eigenvalue weighted by molar-refractivity contribution is 6.30. The van der Waals surface area contributed by atoms with Crippen molar-refractivity contribution < 1.29 is 9.53 Å². The van der Waals surface area contributed by atoms with Crippen LogP contribution in [0.15, 0.2) is 18.2 Å². The Morgan fingerprint density at radius 1 is 1.43 bits per heavy atom. The number of anilines is 1. The zero-order valence-electron chi connectivity index (χ0n) is 13.1. The lowest BCUT2D eigenvalue weighted by Crippen LogP contribution is -2.36. The summed E-state index contributed by atoms with van der Waals surface area (Å²) in [6.07, 6.45) is 0.667. The molecule has 1 aromatic carbocycles. The molecule has 4 nitrogen and oxygen atoms in total. The van der Waals surface area contributed by atoms with Gasteiger partial charge in [-0.15, -0.1) is 0 Å². The molecule has 0 aliphatic carbocycles. The fourth-order valence-corrected chi connectivity index (χ4v) is 2.51. The average molecular weight is 311 g/mol. The monoisotopic (exact) mass is 310 g/mol. The molecule has 1 aromatic rings. The second-order valence-corrected chi connectivity index (χ2v) is 6.95. The van der Waals surface area contributed by atoms with Crippen LogP contribution in [0.4, 0.5) is 10.5 Å². The SMILES string of the molecule is Cc1ccc(Cl)cc1NC1CCN(C(=O)OC(C)(C)C)C1. The number of hydrogen-bond donors (Lipinski definition) is 1. The van der Waals surface area contributed by atoms with Gasteiger partial charge in [0, 0.05) is 29.8 Å². The molecule has 116 valence electrons. The van der Waals surface area contributed by atoms with Gasteiger partial charge in [-0.25, -0.2) is 4.79 Å². The minimum Gasteiger partial charge on any atom is -0.444 e. The number of aryl methyl sites for hydroxylation is 1. The Morgan fingerprint density at radius 3 is 2.81 bits per heavy atom. The molecule has 1 atom stereocenters. The lowest BCUT2D eigenvalue weighted by atomic mass is 10.1. The molecule has 1 saturated heterocycles. The Morgan fingerprint density at radius 2 is 2.14 bits per heavy atom. The summed E-state index contributed by atoms with van der Waals surface area (Å²) in [6.45, 7) is 9.05. The summed E-state index contributed by atoms with van der Waals surface area (Å²) in [5.41, 5.74) is 1.72. The first kappa shape index (κ1) is 16.0. The molecule has 21 heavy (non-hydrogen) atoms. The second-order valence-electron chi connectivity index (χ2n) is 6.52. The molecule has 1 N–H and O–H groups in total. The first-order chi connectivity index (χ1) is 9.74. The largest absolute Gasteiger partial charge is 0.444 e. The maximum Gasteiger partial charge on any atom is 0.410 e. The lowest BCUT2D eigenvalue weighted by molar-refractivity contribution is 0.0293. The van der Waals surface area contributed by atoms with E-state index in [4.69, 9.17) is 16.3 Å². The third kappa shape index (κ3) is 4.53. The Kier molecular flexibility index (Phi) is 4.67. The van der Waals surface area contributed by atoms with Gasteiger partial charge in [0.25, 0.3) is 0 Å². The van der Waals surface area contributed by atoms with Gasteiger partial charge in [-0.3, -0.25) is 0 Å². The van der Waals surface area contributed by atoms with Gasteiger partial charge in [-0.2, -0.15) is 0 Å². The summed E-state index contributed by atoms with van der Waals surface area (Å²) in [7, 11) is 0. The Balaban J connectivity index is 1.93. The van der Waals surface area contributed by atoms with Crippen molar-refractivity contribution in [2.45, 2.75) is 45.8 Å². The quantitative estimate of drug-likeness (QED) is 0.895. The topological polar surface area (TPSA) is 41.6 Å². The summed E-state index contributed by atoms with van der Waals surface area (Å²) in [5.74, 6) is 0. The minimum atomic E-state index is -0.452. The average Bonchev–Trinajstić information content (AvgIpc) is 2.80. The fourth-order valence-electron chi connectivity index (χ4n) is 2.34. The van der Waals surface area contributed by atoms with E-state index >= 15 is 0 Å². The fraction of sp³-hybridized carbons (Fsp3) is 0.562. The maximum absolute atomic E-state index is 12.0. The van der Waals surface area contributed by atoms with Gasteiger partial charge in [0.2, 0.25) is 0 Å². The highest BCUT2D eigenvalue weighted by atomic mass is 35.5. The maximum atomic E-state index is 12.0. The van der Waals surface area contributed by atoms with Gasteiger partial charge in [0.1, 0.15) is 5.60 Å². The molecule has 0 spiro atoms. The molecule has 5 heteroatoms. The van der Waals surface area contributed by atoms with Crippen molar-refractivity contribution in [3.05, 3.63) is 28.8 Å². The number of carbonyl (C=O) groups is 1. The van der Waals surface area contributed by atoms with Crippen LogP contribution in [0.2, 0.25) is 5.02 Å². The predicted octanol–water partition coefficient (Wildman–Crippen LogP) is 4.07. The first-order valence-electron chi connectivity index (χ1n) is 7.25. The molecule has 1 unspecified atom stereocenters. The molecule has 1 aliphatic rings. The molecule has 0 aromatic heterocycles. The van der Waals surface area contributed by atoms with Gasteiger partial charge in [0.05, 0.1) is 0 Å². The van der Waals surface area contributed by atoms with Crippen LogP contribution in [0.5, 0.6) is 0 Å². The molecule has 0 saturated carbocycles. The van der Waals surface area contributed by atoms with Crippen molar-refractivity contribution in [1.82, 2.24) is 4.90 Å². The van der Waals surface area contributed by atoms with Crippen molar-refractivity contribution in [3.8, 4) is 0 Å². The third-order valence-corrected chi connectivity index (χ3v) is 3.63. The van der Waals surface area contributed by atoms with Crippen LogP contribution in [-0.4, -0.2) is 35.7 Å². The zero-order valence-corrected chi connectivity index (χ0v) is 13.8. The van der Waals surface area contributed by atoms with Crippen molar-refractivity contribution in [2.24, 2.45) is 0 Å². The van der Waals surface area contributed by atoms with Gasteiger partial charge < -0.3 is 15.0 Å². The molecule has 0 radical (unpaired) electrons. The highest BCUT2D eigenvalue weighted by Crippen LogP contribution is 2.24. The Hall–Kier alpha value is -1.42. The summed E-state index contributed by atoms with van der Waals surface area (Å²) in [4.78, 5) is 13.8. The third-order valence-electron chi connectivity index (χ3n) is 3.40. The number of nitrogens with zero attached hydrogens (tertiary/aromatic N) is 1. The van der Waals surface area contributed by atoms with Crippen LogP contribution < -0.4 is 5.32 Å². The van der Waals surface area contributed by atoms with Gasteiger partial charge in [0.15, 0.2) is 0 Å². The van der Waals surface area contributed by atoms with Crippen molar-refractivity contribution >= 4 is 23.4 Å². The summed E-state index contributed by atoms with van der Waals surface area (Å²) < 4.78 is 5.40. The molecule has 1 amide bonds. The molecule has 2 rings (SSSR count). The van der Waals surface area contributed by atoms with Gasteiger partial charge in [-0.1, -0.05) is 17.7 Å². The highest BCUT2D eigenvalue weighted by Gasteiger charge is 2.29. The molecule has 1 heterocycles. The Bertz CT molecular complexity index is 525. The number of likely N-dealkylation sites (tertiary alicyclic amines) is 1. The number of nitrogens with one attached hydrogen (secondary N) is 1. The van der Waals surface area contributed by atoms with Crippen molar-refractivity contribution in [2.75, 3.05) is 18.4 Å². The van der Waals surface area contributed by atoms with E-state index in [1.165, 1.54) is 0 Å². The van der Waals surface area contributed by atoms with Crippen LogP contribution in [0.1, 0.15) is 32.8 Å². The normalized spacial score (nSPS) is 18.7. The van der Waals surface area contributed by atoms with E-state index < -0.39 is 5.60 Å². The number of amides is 1. The van der Waals surface area contributed by atoms with E-state index in [-0.39, 0.29) is 12.1 Å². The molecule has 1 fully saturated rings. The minimum absolute atomic E-state index is 0.231. The molecule has 0 bridgehead atoms. The molecular weight excluding hydrogens is 288 g/mol. The molecular formula is C16H23ClN2O2. The Labute approximate surface area is 131 Å². The smallest absolute Gasteiger partial charge is 0.410 e. The van der Waals surface area contributed by atoms with Gasteiger partial charge >= 0.3 is 6.09 Å². The van der Waals surface area contributed by atoms with E-state index in [9.17, 15) is 4.79 Å².